The minimum atomic E-state index is 0.168. The lowest BCUT2D eigenvalue weighted by atomic mass is 9.99. The van der Waals surface area contributed by atoms with Gasteiger partial charge >= 0.3 is 0 Å². The second-order valence-corrected chi connectivity index (χ2v) is 4.76. The van der Waals surface area contributed by atoms with Crippen LogP contribution in [0.3, 0.4) is 0 Å². The van der Waals surface area contributed by atoms with Gasteiger partial charge in [0.15, 0.2) is 0 Å². The number of hydrogen-bond donors (Lipinski definition) is 1. The molecular formula is C15H24ClNO. The molecule has 1 aromatic rings. The van der Waals surface area contributed by atoms with Crippen molar-refractivity contribution in [1.29, 1.82) is 0 Å². The van der Waals surface area contributed by atoms with Crippen LogP contribution in [-0.2, 0) is 4.74 Å². The van der Waals surface area contributed by atoms with Crippen molar-refractivity contribution in [2.24, 2.45) is 0 Å². The Bertz CT molecular complexity index is 343. The Morgan fingerprint density at radius 1 is 1.22 bits per heavy atom. The van der Waals surface area contributed by atoms with E-state index in [0.717, 1.165) is 36.6 Å². The van der Waals surface area contributed by atoms with Crippen molar-refractivity contribution in [2.75, 3.05) is 13.2 Å². The van der Waals surface area contributed by atoms with Gasteiger partial charge in [0.2, 0.25) is 0 Å². The first-order chi connectivity index (χ1) is 8.74. The molecule has 0 amide bonds. The van der Waals surface area contributed by atoms with Gasteiger partial charge in [-0.25, -0.2) is 0 Å². The van der Waals surface area contributed by atoms with E-state index >= 15 is 0 Å². The fourth-order valence-electron chi connectivity index (χ4n) is 2.13. The van der Waals surface area contributed by atoms with Gasteiger partial charge in [-0.05, 0) is 37.9 Å². The van der Waals surface area contributed by atoms with Gasteiger partial charge in [0.1, 0.15) is 0 Å². The Kier molecular flexibility index (Phi) is 7.33. The Morgan fingerprint density at radius 2 is 1.94 bits per heavy atom. The molecule has 0 bridgehead atoms. The number of nitrogens with one attached hydrogen (secondary N) is 1. The fraction of sp³-hybridized carbons (Fsp3) is 0.600. The largest absolute Gasteiger partial charge is 0.377 e. The molecule has 3 heteroatoms. The van der Waals surface area contributed by atoms with E-state index in [1.807, 2.05) is 25.1 Å². The van der Waals surface area contributed by atoms with E-state index < -0.39 is 0 Å². The highest BCUT2D eigenvalue weighted by Gasteiger charge is 2.23. The van der Waals surface area contributed by atoms with Crippen molar-refractivity contribution < 1.29 is 4.74 Å². The van der Waals surface area contributed by atoms with Crippen molar-refractivity contribution >= 4 is 11.6 Å². The molecule has 2 nitrogen and oxygen atoms in total. The van der Waals surface area contributed by atoms with Crippen molar-refractivity contribution in [1.82, 2.24) is 5.32 Å². The van der Waals surface area contributed by atoms with Gasteiger partial charge in [-0.3, -0.25) is 0 Å². The van der Waals surface area contributed by atoms with Gasteiger partial charge < -0.3 is 10.1 Å². The summed E-state index contributed by atoms with van der Waals surface area (Å²) in [5, 5.41) is 4.36. The monoisotopic (exact) mass is 269 g/mol. The number of rotatable bonds is 8. The average Bonchev–Trinajstić information content (AvgIpc) is 2.39. The summed E-state index contributed by atoms with van der Waals surface area (Å²) in [6.45, 7) is 8.05. The summed E-state index contributed by atoms with van der Waals surface area (Å²) >= 11 is 6.30. The van der Waals surface area contributed by atoms with Crippen LogP contribution in [0.1, 0.15) is 45.2 Å². The van der Waals surface area contributed by atoms with Crippen LogP contribution in [0, 0.1) is 0 Å². The number of halogens is 1. The van der Waals surface area contributed by atoms with E-state index in [9.17, 15) is 0 Å². The third kappa shape index (κ3) is 4.27. The highest BCUT2D eigenvalue weighted by molar-refractivity contribution is 6.31. The maximum atomic E-state index is 6.30. The van der Waals surface area contributed by atoms with Crippen molar-refractivity contribution in [2.45, 2.75) is 45.8 Å². The molecule has 1 aromatic carbocycles. The summed E-state index contributed by atoms with van der Waals surface area (Å²) in [5.41, 5.74) is 1.13. The maximum Gasteiger partial charge on any atom is 0.0767 e. The van der Waals surface area contributed by atoms with Gasteiger partial charge in [0.05, 0.1) is 12.1 Å². The van der Waals surface area contributed by atoms with Crippen LogP contribution in [0.2, 0.25) is 5.02 Å². The van der Waals surface area contributed by atoms with Crippen LogP contribution < -0.4 is 5.32 Å². The van der Waals surface area contributed by atoms with Crippen LogP contribution in [-0.4, -0.2) is 19.3 Å². The molecule has 2 atom stereocenters. The van der Waals surface area contributed by atoms with Gasteiger partial charge in [-0.1, -0.05) is 43.6 Å². The molecule has 0 aliphatic heterocycles. The average molecular weight is 270 g/mol. The summed E-state index contributed by atoms with van der Waals surface area (Å²) in [6.07, 6.45) is 2.24. The first-order valence-electron chi connectivity index (χ1n) is 6.83. The molecule has 0 aliphatic carbocycles. The second-order valence-electron chi connectivity index (χ2n) is 4.36. The zero-order chi connectivity index (χ0) is 13.4. The molecule has 0 heterocycles. The van der Waals surface area contributed by atoms with E-state index in [4.69, 9.17) is 16.3 Å². The minimum Gasteiger partial charge on any atom is -0.377 e. The van der Waals surface area contributed by atoms with Gasteiger partial charge in [-0.2, -0.15) is 0 Å². The normalized spacial score (nSPS) is 14.4. The molecule has 1 rings (SSSR count). The molecular weight excluding hydrogens is 246 g/mol. The number of hydrogen-bond acceptors (Lipinski definition) is 2. The number of ether oxygens (including phenoxy) is 1. The molecule has 2 unspecified atom stereocenters. The van der Waals surface area contributed by atoms with Crippen LogP contribution in [0.4, 0.5) is 0 Å². The lowest BCUT2D eigenvalue weighted by molar-refractivity contribution is 0.0314. The van der Waals surface area contributed by atoms with Crippen molar-refractivity contribution in [3.05, 3.63) is 34.9 Å². The number of benzene rings is 1. The van der Waals surface area contributed by atoms with Gasteiger partial charge in [-0.15, -0.1) is 0 Å². The van der Waals surface area contributed by atoms with Crippen molar-refractivity contribution in [3.63, 3.8) is 0 Å². The van der Waals surface area contributed by atoms with E-state index in [2.05, 4.69) is 25.2 Å². The molecule has 0 saturated heterocycles. The van der Waals surface area contributed by atoms with E-state index in [1.54, 1.807) is 0 Å². The minimum absolute atomic E-state index is 0.168. The first-order valence-corrected chi connectivity index (χ1v) is 7.21. The first kappa shape index (κ1) is 15.5. The Morgan fingerprint density at radius 3 is 2.50 bits per heavy atom. The molecule has 0 radical (unpaired) electrons. The summed E-state index contributed by atoms with van der Waals surface area (Å²) in [6, 6.07) is 8.18. The van der Waals surface area contributed by atoms with Crippen molar-refractivity contribution in [3.8, 4) is 0 Å². The lowest BCUT2D eigenvalue weighted by Crippen LogP contribution is -2.34. The van der Waals surface area contributed by atoms with E-state index in [1.165, 1.54) is 0 Å². The molecule has 0 fully saturated rings. The molecule has 0 spiro atoms. The third-order valence-corrected chi connectivity index (χ3v) is 3.35. The molecule has 102 valence electrons. The Labute approximate surface area is 116 Å². The third-order valence-electron chi connectivity index (χ3n) is 3.01. The van der Waals surface area contributed by atoms with Gasteiger partial charge in [0.25, 0.3) is 0 Å². The van der Waals surface area contributed by atoms with Crippen LogP contribution >= 0.6 is 11.6 Å². The standard InChI is InChI=1S/C15H24ClNO/c1-4-11-17-15(14(5-2)18-6-3)12-9-7-8-10-13(12)16/h7-10,14-15,17H,4-6,11H2,1-3H3. The quantitative estimate of drug-likeness (QED) is 0.764. The van der Waals surface area contributed by atoms with Crippen LogP contribution in [0.25, 0.3) is 0 Å². The topological polar surface area (TPSA) is 21.3 Å². The zero-order valence-electron chi connectivity index (χ0n) is 11.6. The Balaban J connectivity index is 2.92. The zero-order valence-corrected chi connectivity index (χ0v) is 12.3. The lowest BCUT2D eigenvalue weighted by Gasteiger charge is -2.28. The SMILES string of the molecule is CCCNC(c1ccccc1Cl)C(CC)OCC. The molecule has 18 heavy (non-hydrogen) atoms. The van der Waals surface area contributed by atoms with E-state index in [-0.39, 0.29) is 12.1 Å². The summed E-state index contributed by atoms with van der Waals surface area (Å²) in [7, 11) is 0. The summed E-state index contributed by atoms with van der Waals surface area (Å²) in [5.74, 6) is 0. The molecule has 1 N–H and O–H groups in total. The highest BCUT2D eigenvalue weighted by atomic mass is 35.5. The second kappa shape index (κ2) is 8.52. The molecule has 0 saturated carbocycles. The van der Waals surface area contributed by atoms with Crippen LogP contribution in [0.15, 0.2) is 24.3 Å². The maximum absolute atomic E-state index is 6.30. The van der Waals surface area contributed by atoms with Crippen LogP contribution in [0.5, 0.6) is 0 Å². The smallest absolute Gasteiger partial charge is 0.0767 e. The molecule has 0 aliphatic rings. The predicted octanol–water partition coefficient (Wildman–Crippen LogP) is 4.20. The fourth-order valence-corrected chi connectivity index (χ4v) is 2.39. The summed E-state index contributed by atoms with van der Waals surface area (Å²) < 4.78 is 5.84. The predicted molar refractivity (Wildman–Crippen MR) is 78.2 cm³/mol. The summed E-state index contributed by atoms with van der Waals surface area (Å²) in [4.78, 5) is 0. The molecule has 0 aromatic heterocycles. The highest BCUT2D eigenvalue weighted by Crippen LogP contribution is 2.28. The Hall–Kier alpha value is -0.570. The van der Waals surface area contributed by atoms with Gasteiger partial charge in [0, 0.05) is 11.6 Å². The van der Waals surface area contributed by atoms with E-state index in [0.29, 0.717) is 0 Å².